The van der Waals surface area contributed by atoms with Gasteiger partial charge < -0.3 is 4.90 Å². The lowest BCUT2D eigenvalue weighted by Crippen LogP contribution is -2.43. The third-order valence-electron chi connectivity index (χ3n) is 2.84. The molecular formula is C10H20N2O. The van der Waals surface area contributed by atoms with Crippen LogP contribution < -0.4 is 5.32 Å². The molecule has 1 fully saturated rings. The number of hydrogen-bond acceptors (Lipinski definition) is 2. The van der Waals surface area contributed by atoms with Crippen LogP contribution in [0.1, 0.15) is 40.0 Å². The van der Waals surface area contributed by atoms with Gasteiger partial charge in [0.05, 0.1) is 12.7 Å². The van der Waals surface area contributed by atoms with Crippen molar-refractivity contribution in [2.75, 3.05) is 6.54 Å². The van der Waals surface area contributed by atoms with E-state index < -0.39 is 0 Å². The number of nitrogens with one attached hydrogen (secondary N) is 1. The first kappa shape index (κ1) is 10.5. The highest BCUT2D eigenvalue weighted by atomic mass is 16.2. The van der Waals surface area contributed by atoms with E-state index in [4.69, 9.17) is 0 Å². The van der Waals surface area contributed by atoms with Gasteiger partial charge in [0.2, 0.25) is 5.91 Å². The average molecular weight is 184 g/mol. The SMILES string of the molecule is CCC(CC)N1C(=O)CNC1CC. The molecule has 1 saturated heterocycles. The summed E-state index contributed by atoms with van der Waals surface area (Å²) in [5.74, 6) is 0.264. The first-order valence-electron chi connectivity index (χ1n) is 5.29. The van der Waals surface area contributed by atoms with Gasteiger partial charge in [0, 0.05) is 6.04 Å². The standard InChI is InChI=1S/C10H20N2O/c1-4-8(5-2)12-9(6-3)11-7-10(12)13/h8-9,11H,4-7H2,1-3H3. The van der Waals surface area contributed by atoms with Crippen molar-refractivity contribution in [1.29, 1.82) is 0 Å². The molecule has 0 radical (unpaired) electrons. The molecule has 0 saturated carbocycles. The minimum absolute atomic E-state index is 0.264. The van der Waals surface area contributed by atoms with Crippen LogP contribution in [-0.4, -0.2) is 29.6 Å². The monoisotopic (exact) mass is 184 g/mol. The second-order valence-corrected chi connectivity index (χ2v) is 3.58. The van der Waals surface area contributed by atoms with Crippen LogP contribution >= 0.6 is 0 Å². The van der Waals surface area contributed by atoms with Crippen molar-refractivity contribution in [1.82, 2.24) is 10.2 Å². The minimum atomic E-state index is 0.264. The molecule has 1 aliphatic rings. The topological polar surface area (TPSA) is 32.3 Å². The Labute approximate surface area is 80.5 Å². The van der Waals surface area contributed by atoms with E-state index in [-0.39, 0.29) is 12.1 Å². The Morgan fingerprint density at radius 3 is 2.54 bits per heavy atom. The van der Waals surface area contributed by atoms with Crippen LogP contribution in [0.15, 0.2) is 0 Å². The summed E-state index contributed by atoms with van der Waals surface area (Å²) in [6.07, 6.45) is 3.39. The zero-order valence-corrected chi connectivity index (χ0v) is 8.84. The fraction of sp³-hybridized carbons (Fsp3) is 0.900. The van der Waals surface area contributed by atoms with Crippen LogP contribution in [0.4, 0.5) is 0 Å². The zero-order valence-electron chi connectivity index (χ0n) is 8.84. The summed E-state index contributed by atoms with van der Waals surface area (Å²) in [5, 5.41) is 3.23. The molecule has 1 N–H and O–H groups in total. The van der Waals surface area contributed by atoms with Crippen molar-refractivity contribution >= 4 is 5.91 Å². The first-order valence-corrected chi connectivity index (χ1v) is 5.29. The lowest BCUT2D eigenvalue weighted by molar-refractivity contribution is -0.130. The van der Waals surface area contributed by atoms with E-state index in [1.54, 1.807) is 0 Å². The van der Waals surface area contributed by atoms with Gasteiger partial charge in [-0.25, -0.2) is 0 Å². The number of amides is 1. The van der Waals surface area contributed by atoms with Crippen LogP contribution in [0, 0.1) is 0 Å². The van der Waals surface area contributed by atoms with E-state index in [2.05, 4.69) is 26.1 Å². The highest BCUT2D eigenvalue weighted by molar-refractivity contribution is 5.80. The van der Waals surface area contributed by atoms with Crippen LogP contribution in [0.5, 0.6) is 0 Å². The molecule has 0 aromatic heterocycles. The summed E-state index contributed by atoms with van der Waals surface area (Å²) in [6.45, 7) is 6.93. The molecule has 0 aromatic rings. The Morgan fingerprint density at radius 1 is 1.46 bits per heavy atom. The van der Waals surface area contributed by atoms with Gasteiger partial charge in [0.25, 0.3) is 0 Å². The Balaban J connectivity index is 2.67. The maximum Gasteiger partial charge on any atom is 0.238 e. The third-order valence-corrected chi connectivity index (χ3v) is 2.84. The molecule has 1 aliphatic heterocycles. The molecule has 0 aromatic carbocycles. The lowest BCUT2D eigenvalue weighted by Gasteiger charge is -2.31. The molecule has 1 unspecified atom stereocenters. The van der Waals surface area contributed by atoms with Crippen molar-refractivity contribution in [3.05, 3.63) is 0 Å². The third kappa shape index (κ3) is 2.02. The van der Waals surface area contributed by atoms with Crippen molar-refractivity contribution < 1.29 is 4.79 Å². The molecule has 3 nitrogen and oxygen atoms in total. The fourth-order valence-corrected chi connectivity index (χ4v) is 2.05. The van der Waals surface area contributed by atoms with Gasteiger partial charge in [0.1, 0.15) is 0 Å². The Kier molecular flexibility index (Phi) is 3.72. The number of hydrogen-bond donors (Lipinski definition) is 1. The molecule has 13 heavy (non-hydrogen) atoms. The van der Waals surface area contributed by atoms with Gasteiger partial charge in [-0.15, -0.1) is 0 Å². The van der Waals surface area contributed by atoms with E-state index in [0.717, 1.165) is 19.3 Å². The van der Waals surface area contributed by atoms with Gasteiger partial charge in [-0.2, -0.15) is 0 Å². The largest absolute Gasteiger partial charge is 0.323 e. The van der Waals surface area contributed by atoms with Crippen LogP contribution in [0.3, 0.4) is 0 Å². The molecule has 0 spiro atoms. The average Bonchev–Trinajstić information content (AvgIpc) is 2.51. The Hall–Kier alpha value is -0.570. The smallest absolute Gasteiger partial charge is 0.238 e. The van der Waals surface area contributed by atoms with E-state index in [0.29, 0.717) is 12.6 Å². The predicted octanol–water partition coefficient (Wildman–Crippen LogP) is 1.34. The van der Waals surface area contributed by atoms with Crippen molar-refractivity contribution in [3.8, 4) is 0 Å². The molecule has 0 bridgehead atoms. The molecule has 3 heteroatoms. The summed E-state index contributed by atoms with van der Waals surface area (Å²) in [7, 11) is 0. The minimum Gasteiger partial charge on any atom is -0.323 e. The fourth-order valence-electron chi connectivity index (χ4n) is 2.05. The highest BCUT2D eigenvalue weighted by Crippen LogP contribution is 2.17. The number of rotatable bonds is 4. The summed E-state index contributed by atoms with van der Waals surface area (Å²) in [5.41, 5.74) is 0. The van der Waals surface area contributed by atoms with Gasteiger partial charge >= 0.3 is 0 Å². The Bertz CT molecular complexity index is 178. The van der Waals surface area contributed by atoms with Crippen molar-refractivity contribution in [2.24, 2.45) is 0 Å². The van der Waals surface area contributed by atoms with E-state index in [1.165, 1.54) is 0 Å². The summed E-state index contributed by atoms with van der Waals surface area (Å²) < 4.78 is 0. The quantitative estimate of drug-likeness (QED) is 0.715. The Morgan fingerprint density at radius 2 is 2.08 bits per heavy atom. The second-order valence-electron chi connectivity index (χ2n) is 3.58. The van der Waals surface area contributed by atoms with E-state index >= 15 is 0 Å². The van der Waals surface area contributed by atoms with Crippen molar-refractivity contribution in [2.45, 2.75) is 52.2 Å². The van der Waals surface area contributed by atoms with Gasteiger partial charge in [-0.1, -0.05) is 20.8 Å². The molecule has 1 rings (SSSR count). The molecular weight excluding hydrogens is 164 g/mol. The molecule has 1 atom stereocenters. The maximum absolute atomic E-state index is 11.6. The first-order chi connectivity index (χ1) is 6.24. The van der Waals surface area contributed by atoms with E-state index in [9.17, 15) is 4.79 Å². The van der Waals surface area contributed by atoms with Crippen molar-refractivity contribution in [3.63, 3.8) is 0 Å². The van der Waals surface area contributed by atoms with Crippen LogP contribution in [0.2, 0.25) is 0 Å². The number of carbonyl (C=O) groups excluding carboxylic acids is 1. The predicted molar refractivity (Wildman–Crippen MR) is 53.3 cm³/mol. The van der Waals surface area contributed by atoms with Gasteiger partial charge in [-0.3, -0.25) is 10.1 Å². The summed E-state index contributed by atoms with van der Waals surface area (Å²) >= 11 is 0. The van der Waals surface area contributed by atoms with Crippen LogP contribution in [0.25, 0.3) is 0 Å². The second kappa shape index (κ2) is 4.61. The lowest BCUT2D eigenvalue weighted by atomic mass is 10.1. The molecule has 0 aliphatic carbocycles. The molecule has 76 valence electrons. The zero-order chi connectivity index (χ0) is 9.84. The number of nitrogens with zero attached hydrogens (tertiary/aromatic N) is 1. The highest BCUT2D eigenvalue weighted by Gasteiger charge is 2.32. The van der Waals surface area contributed by atoms with Gasteiger partial charge in [-0.05, 0) is 19.3 Å². The van der Waals surface area contributed by atoms with Crippen LogP contribution in [-0.2, 0) is 4.79 Å². The van der Waals surface area contributed by atoms with Gasteiger partial charge in [0.15, 0.2) is 0 Å². The normalized spacial score (nSPS) is 23.2. The summed E-state index contributed by atoms with van der Waals surface area (Å²) in [6, 6.07) is 0.424. The molecule has 1 heterocycles. The molecule has 1 amide bonds. The number of carbonyl (C=O) groups is 1. The van der Waals surface area contributed by atoms with E-state index in [1.807, 2.05) is 4.90 Å². The summed E-state index contributed by atoms with van der Waals surface area (Å²) in [4.78, 5) is 13.6. The maximum atomic E-state index is 11.6.